The van der Waals surface area contributed by atoms with Crippen LogP contribution in [0.15, 0.2) is 48.5 Å². The number of nitrogens with one attached hydrogen (secondary N) is 1. The van der Waals surface area contributed by atoms with Crippen LogP contribution in [0.3, 0.4) is 0 Å². The van der Waals surface area contributed by atoms with E-state index in [1.54, 1.807) is 0 Å². The highest BCUT2D eigenvalue weighted by atomic mass is 16.5. The predicted molar refractivity (Wildman–Crippen MR) is 95.3 cm³/mol. The average molecular weight is 335 g/mol. The van der Waals surface area contributed by atoms with Crippen LogP contribution in [-0.4, -0.2) is 31.4 Å². The van der Waals surface area contributed by atoms with Gasteiger partial charge in [0.05, 0.1) is 0 Å². The second-order valence-corrected chi connectivity index (χ2v) is 6.72. The molecule has 0 aromatic heterocycles. The molecular weight excluding hydrogens is 314 g/mol. The van der Waals surface area contributed by atoms with Gasteiger partial charge in [0.2, 0.25) is 0 Å². The van der Waals surface area contributed by atoms with E-state index in [1.807, 2.05) is 24.3 Å². The van der Waals surface area contributed by atoms with E-state index in [0.717, 1.165) is 25.7 Å². The van der Waals surface area contributed by atoms with Crippen molar-refractivity contribution >= 4 is 12.3 Å². The zero-order chi connectivity index (χ0) is 17.2. The second kappa shape index (κ2) is 6.81. The Hall–Kier alpha value is -2.46. The fourth-order valence-corrected chi connectivity index (χ4v) is 4.03. The quantitative estimate of drug-likeness (QED) is 0.519. The van der Waals surface area contributed by atoms with E-state index in [-0.39, 0.29) is 18.6 Å². The van der Waals surface area contributed by atoms with Crippen LogP contribution in [0.2, 0.25) is 0 Å². The van der Waals surface area contributed by atoms with Gasteiger partial charge in [0.15, 0.2) is 0 Å². The van der Waals surface area contributed by atoms with Crippen LogP contribution in [-0.2, 0) is 14.3 Å². The summed E-state index contributed by atoms with van der Waals surface area (Å²) in [6.07, 6.45) is 2.56. The zero-order valence-corrected chi connectivity index (χ0v) is 14.0. The molecule has 2 aromatic rings. The van der Waals surface area contributed by atoms with E-state index in [9.17, 15) is 9.59 Å². The molecule has 1 aliphatic carbocycles. The first-order chi connectivity index (χ1) is 12.3. The molecule has 4 rings (SSSR count). The SMILES string of the molecule is O=C[C@H](C(=O)OCC1c2ccccc2-c2ccccc21)C1CCCN1. The molecule has 1 aliphatic heterocycles. The molecule has 1 fully saturated rings. The summed E-state index contributed by atoms with van der Waals surface area (Å²) in [6.45, 7) is 1.12. The van der Waals surface area contributed by atoms with Crippen LogP contribution in [0.4, 0.5) is 0 Å². The molecule has 2 aromatic carbocycles. The standard InChI is InChI=1S/C21H21NO3/c23-12-18(20-10-5-11-22-20)21(24)25-13-19-16-8-3-1-6-14(16)15-7-2-4-9-17(15)19/h1-4,6-9,12,18-20,22H,5,10-11,13H2/t18-,20?/m0/s1. The monoisotopic (exact) mass is 335 g/mol. The van der Waals surface area contributed by atoms with Crippen LogP contribution in [0.25, 0.3) is 11.1 Å². The van der Waals surface area contributed by atoms with Crippen molar-refractivity contribution in [2.75, 3.05) is 13.2 Å². The summed E-state index contributed by atoms with van der Waals surface area (Å²) in [7, 11) is 0. The van der Waals surface area contributed by atoms with Gasteiger partial charge in [-0.1, -0.05) is 48.5 Å². The summed E-state index contributed by atoms with van der Waals surface area (Å²) in [4.78, 5) is 23.8. The molecule has 0 saturated carbocycles. The highest BCUT2D eigenvalue weighted by Crippen LogP contribution is 2.44. The molecule has 25 heavy (non-hydrogen) atoms. The summed E-state index contributed by atoms with van der Waals surface area (Å²) in [5.41, 5.74) is 4.75. The summed E-state index contributed by atoms with van der Waals surface area (Å²) >= 11 is 0. The van der Waals surface area contributed by atoms with Gasteiger partial charge in [-0.3, -0.25) is 4.79 Å². The van der Waals surface area contributed by atoms with E-state index in [1.165, 1.54) is 22.3 Å². The van der Waals surface area contributed by atoms with Crippen molar-refractivity contribution < 1.29 is 14.3 Å². The Balaban J connectivity index is 1.53. The van der Waals surface area contributed by atoms with E-state index in [4.69, 9.17) is 4.74 Å². The zero-order valence-electron chi connectivity index (χ0n) is 14.0. The van der Waals surface area contributed by atoms with Crippen molar-refractivity contribution in [2.24, 2.45) is 5.92 Å². The van der Waals surface area contributed by atoms with Crippen molar-refractivity contribution in [2.45, 2.75) is 24.8 Å². The summed E-state index contributed by atoms with van der Waals surface area (Å²) in [6, 6.07) is 16.4. The van der Waals surface area contributed by atoms with Gasteiger partial charge in [-0.05, 0) is 41.6 Å². The van der Waals surface area contributed by atoms with Crippen LogP contribution < -0.4 is 5.32 Å². The maximum atomic E-state index is 12.4. The molecule has 1 saturated heterocycles. The third kappa shape index (κ3) is 2.87. The van der Waals surface area contributed by atoms with E-state index in [2.05, 4.69) is 29.6 Å². The fraction of sp³-hybridized carbons (Fsp3) is 0.333. The number of ether oxygens (including phenoxy) is 1. The first-order valence-corrected chi connectivity index (χ1v) is 8.83. The number of hydrogen-bond donors (Lipinski definition) is 1. The van der Waals surface area contributed by atoms with Crippen LogP contribution >= 0.6 is 0 Å². The smallest absolute Gasteiger partial charge is 0.317 e. The number of hydrogen-bond acceptors (Lipinski definition) is 4. The van der Waals surface area contributed by atoms with Gasteiger partial charge >= 0.3 is 5.97 Å². The lowest BCUT2D eigenvalue weighted by Gasteiger charge is -2.19. The maximum Gasteiger partial charge on any atom is 0.317 e. The van der Waals surface area contributed by atoms with Crippen LogP contribution in [0.1, 0.15) is 29.9 Å². The molecule has 1 heterocycles. The van der Waals surface area contributed by atoms with Gasteiger partial charge in [-0.25, -0.2) is 0 Å². The van der Waals surface area contributed by atoms with Crippen LogP contribution in [0, 0.1) is 5.92 Å². The first kappa shape index (κ1) is 16.0. The fourth-order valence-electron chi connectivity index (χ4n) is 4.03. The molecule has 0 bridgehead atoms. The van der Waals surface area contributed by atoms with Crippen molar-refractivity contribution in [1.82, 2.24) is 5.32 Å². The number of fused-ring (bicyclic) bond motifs is 3. The molecule has 1 N–H and O–H groups in total. The third-order valence-corrected chi connectivity index (χ3v) is 5.31. The van der Waals surface area contributed by atoms with E-state index >= 15 is 0 Å². The van der Waals surface area contributed by atoms with Crippen molar-refractivity contribution in [3.05, 3.63) is 59.7 Å². The number of aldehydes is 1. The average Bonchev–Trinajstić information content (AvgIpc) is 3.27. The molecule has 2 atom stereocenters. The molecular formula is C21H21NO3. The van der Waals surface area contributed by atoms with E-state index in [0.29, 0.717) is 0 Å². The Kier molecular flexibility index (Phi) is 4.36. The van der Waals surface area contributed by atoms with Gasteiger partial charge in [0, 0.05) is 12.0 Å². The highest BCUT2D eigenvalue weighted by molar-refractivity contribution is 5.89. The number of rotatable bonds is 5. The Morgan fingerprint density at radius 2 is 1.76 bits per heavy atom. The molecule has 2 aliphatic rings. The Labute approximate surface area is 147 Å². The number of esters is 1. The Morgan fingerprint density at radius 1 is 1.12 bits per heavy atom. The number of carbonyl (C=O) groups is 2. The second-order valence-electron chi connectivity index (χ2n) is 6.72. The van der Waals surface area contributed by atoms with Crippen molar-refractivity contribution in [3.63, 3.8) is 0 Å². The molecule has 0 spiro atoms. The molecule has 0 amide bonds. The topological polar surface area (TPSA) is 55.4 Å². The summed E-state index contributed by atoms with van der Waals surface area (Å²) in [5.74, 6) is -1.11. The van der Waals surface area contributed by atoms with Gasteiger partial charge in [0.1, 0.15) is 18.8 Å². The number of benzene rings is 2. The van der Waals surface area contributed by atoms with Crippen LogP contribution in [0.5, 0.6) is 0 Å². The molecule has 0 radical (unpaired) electrons. The molecule has 4 heteroatoms. The van der Waals surface area contributed by atoms with Gasteiger partial charge < -0.3 is 14.8 Å². The van der Waals surface area contributed by atoms with Crippen molar-refractivity contribution in [1.29, 1.82) is 0 Å². The third-order valence-electron chi connectivity index (χ3n) is 5.31. The van der Waals surface area contributed by atoms with Crippen molar-refractivity contribution in [3.8, 4) is 11.1 Å². The van der Waals surface area contributed by atoms with Gasteiger partial charge in [-0.15, -0.1) is 0 Å². The van der Waals surface area contributed by atoms with Gasteiger partial charge in [-0.2, -0.15) is 0 Å². The largest absolute Gasteiger partial charge is 0.464 e. The highest BCUT2D eigenvalue weighted by Gasteiger charge is 2.33. The molecule has 1 unspecified atom stereocenters. The lowest BCUT2D eigenvalue weighted by atomic mass is 9.97. The number of carbonyl (C=O) groups excluding carboxylic acids is 2. The van der Waals surface area contributed by atoms with Gasteiger partial charge in [0.25, 0.3) is 0 Å². The molecule has 4 nitrogen and oxygen atoms in total. The Morgan fingerprint density at radius 3 is 2.32 bits per heavy atom. The summed E-state index contributed by atoms with van der Waals surface area (Å²) < 4.78 is 5.59. The minimum atomic E-state index is -0.714. The predicted octanol–water partition coefficient (Wildman–Crippen LogP) is 2.91. The molecule has 128 valence electrons. The minimum Gasteiger partial charge on any atom is -0.464 e. The first-order valence-electron chi connectivity index (χ1n) is 8.83. The van der Waals surface area contributed by atoms with E-state index < -0.39 is 11.9 Å². The lowest BCUT2D eigenvalue weighted by Crippen LogP contribution is -2.38. The lowest BCUT2D eigenvalue weighted by molar-refractivity contribution is -0.151. The minimum absolute atomic E-state index is 0.0280. The maximum absolute atomic E-state index is 12.4. The Bertz CT molecular complexity index is 750. The summed E-state index contributed by atoms with van der Waals surface area (Å²) in [5, 5.41) is 3.22. The normalized spacial score (nSPS) is 19.9.